The van der Waals surface area contributed by atoms with E-state index >= 15 is 0 Å². The van der Waals surface area contributed by atoms with Crippen molar-refractivity contribution in [1.29, 1.82) is 0 Å². The first-order valence-electron chi connectivity index (χ1n) is 16.6. The van der Waals surface area contributed by atoms with E-state index in [1.807, 2.05) is 0 Å². The van der Waals surface area contributed by atoms with Gasteiger partial charge in [0.15, 0.2) is 0 Å². The molecule has 0 atom stereocenters. The SMILES string of the molecule is CCCCCCCCC=CCCCCCCCCCCCCCCCCCCCCCCCC(=O)O. The standard InChI is InChI=1S/C34H66O2/c1-2-3-4-5-6-7-8-9-10-11-12-13-14-15-16-17-18-19-20-21-22-23-24-25-26-27-28-29-30-31-32-33-34(35)36/h9-10H,2-8,11-33H2,1H3,(H,35,36). The molecule has 0 saturated carbocycles. The Morgan fingerprint density at radius 2 is 0.667 bits per heavy atom. The third kappa shape index (κ3) is 33.2. The second-order valence-corrected chi connectivity index (χ2v) is 11.4. The average molecular weight is 507 g/mol. The average Bonchev–Trinajstić information content (AvgIpc) is 2.87. The van der Waals surface area contributed by atoms with Gasteiger partial charge >= 0.3 is 5.97 Å². The monoisotopic (exact) mass is 507 g/mol. The maximum atomic E-state index is 10.5. The maximum Gasteiger partial charge on any atom is 0.303 e. The second-order valence-electron chi connectivity index (χ2n) is 11.4. The Morgan fingerprint density at radius 3 is 0.944 bits per heavy atom. The number of hydrogen-bond donors (Lipinski definition) is 1. The summed E-state index contributed by atoms with van der Waals surface area (Å²) < 4.78 is 0. The number of allylic oxidation sites excluding steroid dienone is 2. The van der Waals surface area contributed by atoms with Crippen LogP contribution in [0.2, 0.25) is 0 Å². The summed E-state index contributed by atoms with van der Waals surface area (Å²) >= 11 is 0. The predicted octanol–water partition coefficient (Wildman–Crippen LogP) is 12.4. The summed E-state index contributed by atoms with van der Waals surface area (Å²) in [6.07, 6.45) is 44.9. The summed E-state index contributed by atoms with van der Waals surface area (Å²) in [4.78, 5) is 10.5. The smallest absolute Gasteiger partial charge is 0.303 e. The first-order valence-corrected chi connectivity index (χ1v) is 16.6. The molecule has 0 aliphatic rings. The Morgan fingerprint density at radius 1 is 0.417 bits per heavy atom. The van der Waals surface area contributed by atoms with Crippen molar-refractivity contribution in [3.8, 4) is 0 Å². The van der Waals surface area contributed by atoms with E-state index in [2.05, 4.69) is 19.1 Å². The fourth-order valence-corrected chi connectivity index (χ4v) is 5.18. The Balaban J connectivity index is 3.06. The molecular weight excluding hydrogens is 440 g/mol. The van der Waals surface area contributed by atoms with Gasteiger partial charge in [-0.05, 0) is 32.1 Å². The second kappa shape index (κ2) is 32.2. The van der Waals surface area contributed by atoms with E-state index in [0.29, 0.717) is 6.42 Å². The van der Waals surface area contributed by atoms with Crippen molar-refractivity contribution >= 4 is 5.97 Å². The molecule has 0 aromatic heterocycles. The van der Waals surface area contributed by atoms with Crippen molar-refractivity contribution in [2.75, 3.05) is 0 Å². The zero-order valence-corrected chi connectivity index (χ0v) is 24.7. The highest BCUT2D eigenvalue weighted by molar-refractivity contribution is 5.66. The fourth-order valence-electron chi connectivity index (χ4n) is 5.18. The van der Waals surface area contributed by atoms with Gasteiger partial charge in [0.25, 0.3) is 0 Å². The number of aliphatic carboxylic acids is 1. The molecule has 0 unspecified atom stereocenters. The van der Waals surface area contributed by atoms with Crippen molar-refractivity contribution in [2.45, 2.75) is 200 Å². The molecule has 1 N–H and O–H groups in total. The van der Waals surface area contributed by atoms with E-state index < -0.39 is 5.97 Å². The van der Waals surface area contributed by atoms with Crippen molar-refractivity contribution in [3.63, 3.8) is 0 Å². The van der Waals surface area contributed by atoms with Crippen molar-refractivity contribution < 1.29 is 9.90 Å². The van der Waals surface area contributed by atoms with Gasteiger partial charge in [-0.2, -0.15) is 0 Å². The van der Waals surface area contributed by atoms with Crippen LogP contribution >= 0.6 is 0 Å². The Hall–Kier alpha value is -0.790. The van der Waals surface area contributed by atoms with Crippen molar-refractivity contribution in [1.82, 2.24) is 0 Å². The van der Waals surface area contributed by atoms with Crippen LogP contribution in [0.5, 0.6) is 0 Å². The molecule has 0 rings (SSSR count). The number of carboxylic acid groups (broad SMARTS) is 1. The maximum absolute atomic E-state index is 10.5. The molecule has 0 aliphatic heterocycles. The van der Waals surface area contributed by atoms with E-state index in [1.165, 1.54) is 173 Å². The molecule has 0 heterocycles. The summed E-state index contributed by atoms with van der Waals surface area (Å²) in [5.41, 5.74) is 0. The summed E-state index contributed by atoms with van der Waals surface area (Å²) in [7, 11) is 0. The van der Waals surface area contributed by atoms with Crippen LogP contribution in [-0.4, -0.2) is 11.1 Å². The molecule has 0 radical (unpaired) electrons. The number of unbranched alkanes of at least 4 members (excludes halogenated alkanes) is 27. The normalized spacial score (nSPS) is 11.6. The lowest BCUT2D eigenvalue weighted by atomic mass is 10.0. The van der Waals surface area contributed by atoms with Gasteiger partial charge in [-0.25, -0.2) is 0 Å². The van der Waals surface area contributed by atoms with E-state index in [1.54, 1.807) is 0 Å². The van der Waals surface area contributed by atoms with Gasteiger partial charge in [0, 0.05) is 6.42 Å². The largest absolute Gasteiger partial charge is 0.481 e. The lowest BCUT2D eigenvalue weighted by Gasteiger charge is -2.04. The van der Waals surface area contributed by atoms with Crippen LogP contribution in [0, 0.1) is 0 Å². The van der Waals surface area contributed by atoms with Crippen LogP contribution in [0.1, 0.15) is 200 Å². The molecule has 0 bridgehead atoms. The minimum atomic E-state index is -0.649. The third-order valence-electron chi connectivity index (χ3n) is 7.65. The number of carbonyl (C=O) groups is 1. The Bertz CT molecular complexity index is 442. The third-order valence-corrected chi connectivity index (χ3v) is 7.65. The minimum Gasteiger partial charge on any atom is -0.481 e. The fraction of sp³-hybridized carbons (Fsp3) is 0.912. The van der Waals surface area contributed by atoms with Crippen LogP contribution in [0.25, 0.3) is 0 Å². The zero-order chi connectivity index (χ0) is 26.2. The highest BCUT2D eigenvalue weighted by Gasteiger charge is 1.98. The molecule has 214 valence electrons. The first kappa shape index (κ1) is 35.2. The van der Waals surface area contributed by atoms with Gasteiger partial charge < -0.3 is 5.11 Å². The van der Waals surface area contributed by atoms with Gasteiger partial charge in [-0.3, -0.25) is 4.79 Å². The van der Waals surface area contributed by atoms with Crippen LogP contribution in [0.3, 0.4) is 0 Å². The van der Waals surface area contributed by atoms with Gasteiger partial charge in [-0.1, -0.05) is 173 Å². The van der Waals surface area contributed by atoms with E-state index in [0.717, 1.165) is 12.8 Å². The number of carboxylic acids is 1. The molecule has 2 nitrogen and oxygen atoms in total. The van der Waals surface area contributed by atoms with Gasteiger partial charge in [0.05, 0.1) is 0 Å². The molecule has 0 aliphatic carbocycles. The van der Waals surface area contributed by atoms with Crippen molar-refractivity contribution in [2.24, 2.45) is 0 Å². The summed E-state index contributed by atoms with van der Waals surface area (Å²) in [5, 5.41) is 8.62. The molecule has 0 amide bonds. The highest BCUT2D eigenvalue weighted by atomic mass is 16.4. The van der Waals surface area contributed by atoms with Crippen LogP contribution in [-0.2, 0) is 4.79 Å². The van der Waals surface area contributed by atoms with Crippen LogP contribution < -0.4 is 0 Å². The molecule has 0 fully saturated rings. The Labute approximate surface area is 227 Å². The lowest BCUT2D eigenvalue weighted by molar-refractivity contribution is -0.137. The molecule has 0 saturated heterocycles. The Kier molecular flexibility index (Phi) is 31.5. The lowest BCUT2D eigenvalue weighted by Crippen LogP contribution is -1.93. The topological polar surface area (TPSA) is 37.3 Å². The molecular formula is C34H66O2. The predicted molar refractivity (Wildman–Crippen MR) is 161 cm³/mol. The minimum absolute atomic E-state index is 0.345. The molecule has 2 heteroatoms. The molecule has 36 heavy (non-hydrogen) atoms. The quantitative estimate of drug-likeness (QED) is 0.0749. The van der Waals surface area contributed by atoms with Gasteiger partial charge in [-0.15, -0.1) is 0 Å². The van der Waals surface area contributed by atoms with Gasteiger partial charge in [0.2, 0.25) is 0 Å². The van der Waals surface area contributed by atoms with Crippen LogP contribution in [0.4, 0.5) is 0 Å². The van der Waals surface area contributed by atoms with Crippen molar-refractivity contribution in [3.05, 3.63) is 12.2 Å². The first-order chi connectivity index (χ1) is 17.8. The highest BCUT2D eigenvalue weighted by Crippen LogP contribution is 2.15. The summed E-state index contributed by atoms with van der Waals surface area (Å²) in [6.45, 7) is 2.29. The zero-order valence-electron chi connectivity index (χ0n) is 24.7. The number of rotatable bonds is 31. The van der Waals surface area contributed by atoms with E-state index in [-0.39, 0.29) is 0 Å². The van der Waals surface area contributed by atoms with E-state index in [9.17, 15) is 4.79 Å². The van der Waals surface area contributed by atoms with Crippen LogP contribution in [0.15, 0.2) is 12.2 Å². The molecule has 0 spiro atoms. The summed E-state index contributed by atoms with van der Waals surface area (Å²) in [6, 6.07) is 0. The summed E-state index contributed by atoms with van der Waals surface area (Å²) in [5.74, 6) is -0.649. The van der Waals surface area contributed by atoms with E-state index in [4.69, 9.17) is 5.11 Å². The molecule has 0 aromatic carbocycles. The van der Waals surface area contributed by atoms with Gasteiger partial charge in [0.1, 0.15) is 0 Å². The molecule has 0 aromatic rings. The number of hydrogen-bond acceptors (Lipinski definition) is 1.